The van der Waals surface area contributed by atoms with E-state index in [9.17, 15) is 0 Å². The molecule has 0 radical (unpaired) electrons. The van der Waals surface area contributed by atoms with E-state index in [1.165, 1.54) is 19.3 Å². The van der Waals surface area contributed by atoms with Gasteiger partial charge in [0, 0.05) is 0 Å². The van der Waals surface area contributed by atoms with Gasteiger partial charge in [-0.3, -0.25) is 0 Å². The maximum absolute atomic E-state index is 9.04. The van der Waals surface area contributed by atoms with E-state index in [2.05, 4.69) is 23.2 Å². The van der Waals surface area contributed by atoms with Crippen LogP contribution in [0.5, 0.6) is 5.75 Å². The molecule has 0 amide bonds. The summed E-state index contributed by atoms with van der Waals surface area (Å²) in [6.07, 6.45) is 4.79. The molecule has 0 aliphatic carbocycles. The van der Waals surface area contributed by atoms with Gasteiger partial charge >= 0.3 is 0 Å². The monoisotopic (exact) mass is 321 g/mol. The number of hydrogen-bond acceptors (Lipinski definition) is 4. The number of nitrogens with zero attached hydrogens (tertiary/aromatic N) is 3. The summed E-state index contributed by atoms with van der Waals surface area (Å²) >= 11 is 0. The van der Waals surface area contributed by atoms with Crippen LogP contribution in [0.15, 0.2) is 52.7 Å². The number of ether oxygens (including phenoxy) is 1. The minimum Gasteiger partial charge on any atom is -0.494 e. The lowest BCUT2D eigenvalue weighted by Gasteiger charge is -2.05. The molecule has 0 fully saturated rings. The molecule has 0 saturated carbocycles. The Morgan fingerprint density at radius 1 is 0.958 bits per heavy atom. The van der Waals surface area contributed by atoms with E-state index in [0.29, 0.717) is 11.3 Å². The molecule has 0 bridgehead atoms. The highest BCUT2D eigenvalue weighted by Gasteiger charge is 1.99. The molecule has 0 heterocycles. The summed E-state index contributed by atoms with van der Waals surface area (Å²) in [5.41, 5.74) is 3.00. The molecule has 0 atom stereocenters. The van der Waals surface area contributed by atoms with Crippen LogP contribution in [0.2, 0.25) is 0 Å². The molecular formula is C20H23N3O. The van der Waals surface area contributed by atoms with Gasteiger partial charge in [-0.1, -0.05) is 32.3 Å². The number of unbranched alkanes of at least 4 members (excludes halogenated alkanes) is 3. The zero-order valence-corrected chi connectivity index (χ0v) is 14.3. The highest BCUT2D eigenvalue weighted by atomic mass is 16.5. The first-order chi connectivity index (χ1) is 11.7. The normalized spacial score (nSPS) is 10.7. The van der Waals surface area contributed by atoms with Crippen molar-refractivity contribution in [1.29, 1.82) is 5.26 Å². The average Bonchev–Trinajstić information content (AvgIpc) is 2.62. The van der Waals surface area contributed by atoms with Crippen LogP contribution in [0.25, 0.3) is 0 Å². The lowest BCUT2D eigenvalue weighted by atomic mass is 10.1. The first-order valence-electron chi connectivity index (χ1n) is 8.38. The predicted octanol–water partition coefficient (Wildman–Crippen LogP) is 6.24. The topological polar surface area (TPSA) is 57.7 Å². The fraction of sp³-hybridized carbons (Fsp3) is 0.350. The van der Waals surface area contributed by atoms with Gasteiger partial charge in [0.05, 0.1) is 29.6 Å². The van der Waals surface area contributed by atoms with Crippen molar-refractivity contribution in [3.05, 3.63) is 53.6 Å². The molecule has 4 nitrogen and oxygen atoms in total. The van der Waals surface area contributed by atoms with Crippen molar-refractivity contribution < 1.29 is 4.74 Å². The van der Waals surface area contributed by atoms with Gasteiger partial charge in [0.25, 0.3) is 0 Å². The predicted molar refractivity (Wildman–Crippen MR) is 96.1 cm³/mol. The van der Waals surface area contributed by atoms with Crippen LogP contribution in [0.3, 0.4) is 0 Å². The highest BCUT2D eigenvalue weighted by molar-refractivity contribution is 5.49. The standard InChI is InChI=1S/C20H23N3O/c1-3-4-5-6-13-24-20-11-9-18(10-12-20)22-23-19-8-7-16(2)17(14-19)15-21/h7-12,14H,3-6,13H2,1-2H3/b23-22+. The summed E-state index contributed by atoms with van der Waals surface area (Å²) in [4.78, 5) is 0. The molecule has 0 spiro atoms. The van der Waals surface area contributed by atoms with Crippen LogP contribution >= 0.6 is 0 Å². The van der Waals surface area contributed by atoms with Crippen molar-refractivity contribution in [3.63, 3.8) is 0 Å². The first kappa shape index (κ1) is 17.7. The molecule has 0 saturated heterocycles. The number of rotatable bonds is 8. The number of azo groups is 1. The Bertz CT molecular complexity index is 715. The molecule has 24 heavy (non-hydrogen) atoms. The van der Waals surface area contributed by atoms with E-state index in [0.717, 1.165) is 30.0 Å². The molecule has 4 heteroatoms. The quantitative estimate of drug-likeness (QED) is 0.426. The van der Waals surface area contributed by atoms with Gasteiger partial charge < -0.3 is 4.74 Å². The van der Waals surface area contributed by atoms with E-state index in [-0.39, 0.29) is 0 Å². The molecule has 124 valence electrons. The zero-order chi connectivity index (χ0) is 17.2. The van der Waals surface area contributed by atoms with Gasteiger partial charge in [-0.2, -0.15) is 15.5 Å². The lowest BCUT2D eigenvalue weighted by molar-refractivity contribution is 0.305. The third kappa shape index (κ3) is 5.51. The summed E-state index contributed by atoms with van der Waals surface area (Å²) < 4.78 is 5.71. The van der Waals surface area contributed by atoms with Gasteiger partial charge in [0.15, 0.2) is 0 Å². The molecule has 0 unspecified atom stereocenters. The van der Waals surface area contributed by atoms with Crippen molar-refractivity contribution in [2.45, 2.75) is 39.5 Å². The van der Waals surface area contributed by atoms with E-state index in [1.54, 1.807) is 6.07 Å². The fourth-order valence-corrected chi connectivity index (χ4v) is 2.24. The van der Waals surface area contributed by atoms with Crippen molar-refractivity contribution >= 4 is 11.4 Å². The third-order valence-electron chi connectivity index (χ3n) is 3.73. The largest absolute Gasteiger partial charge is 0.494 e. The summed E-state index contributed by atoms with van der Waals surface area (Å²) in [7, 11) is 0. The van der Waals surface area contributed by atoms with Crippen LogP contribution in [-0.4, -0.2) is 6.61 Å². The van der Waals surface area contributed by atoms with Crippen LogP contribution < -0.4 is 4.74 Å². The smallest absolute Gasteiger partial charge is 0.119 e. The highest BCUT2D eigenvalue weighted by Crippen LogP contribution is 2.23. The van der Waals surface area contributed by atoms with Crippen LogP contribution in [-0.2, 0) is 0 Å². The summed E-state index contributed by atoms with van der Waals surface area (Å²) in [6, 6.07) is 15.2. The maximum atomic E-state index is 9.04. The molecule has 0 aromatic heterocycles. The first-order valence-corrected chi connectivity index (χ1v) is 8.38. The SMILES string of the molecule is CCCCCCOc1ccc(/N=N/c2ccc(C)c(C#N)c2)cc1. The number of nitriles is 1. The minimum atomic E-state index is 0.623. The number of aryl methyl sites for hydroxylation is 1. The molecule has 2 aromatic carbocycles. The van der Waals surface area contributed by atoms with E-state index < -0.39 is 0 Å². The second-order valence-electron chi connectivity index (χ2n) is 5.71. The van der Waals surface area contributed by atoms with Gasteiger partial charge in [-0.05, 0) is 55.3 Å². The van der Waals surface area contributed by atoms with Crippen molar-refractivity contribution in [2.75, 3.05) is 6.61 Å². The van der Waals surface area contributed by atoms with Crippen LogP contribution in [0.1, 0.15) is 43.7 Å². The van der Waals surface area contributed by atoms with E-state index in [4.69, 9.17) is 10.00 Å². The lowest BCUT2D eigenvalue weighted by Crippen LogP contribution is -1.96. The second-order valence-corrected chi connectivity index (χ2v) is 5.71. The maximum Gasteiger partial charge on any atom is 0.119 e. The average molecular weight is 321 g/mol. The van der Waals surface area contributed by atoms with E-state index in [1.807, 2.05) is 43.3 Å². The van der Waals surface area contributed by atoms with Gasteiger partial charge in [0.1, 0.15) is 5.75 Å². The molecule has 0 aliphatic rings. The van der Waals surface area contributed by atoms with Crippen molar-refractivity contribution in [1.82, 2.24) is 0 Å². The zero-order valence-electron chi connectivity index (χ0n) is 14.3. The van der Waals surface area contributed by atoms with Crippen LogP contribution in [0, 0.1) is 18.3 Å². The van der Waals surface area contributed by atoms with Gasteiger partial charge in [-0.25, -0.2) is 0 Å². The Labute approximate surface area is 143 Å². The minimum absolute atomic E-state index is 0.623. The summed E-state index contributed by atoms with van der Waals surface area (Å²) in [5.74, 6) is 0.854. The third-order valence-corrected chi connectivity index (χ3v) is 3.73. The molecule has 2 rings (SSSR count). The molecule has 0 N–H and O–H groups in total. The molecular weight excluding hydrogens is 298 g/mol. The van der Waals surface area contributed by atoms with Crippen molar-refractivity contribution in [3.8, 4) is 11.8 Å². The number of hydrogen-bond donors (Lipinski definition) is 0. The summed E-state index contributed by atoms with van der Waals surface area (Å²) in [5, 5.41) is 17.4. The Morgan fingerprint density at radius 2 is 1.67 bits per heavy atom. The summed E-state index contributed by atoms with van der Waals surface area (Å²) in [6.45, 7) is 4.85. The van der Waals surface area contributed by atoms with Crippen molar-refractivity contribution in [2.24, 2.45) is 10.2 Å². The molecule has 0 aliphatic heterocycles. The van der Waals surface area contributed by atoms with E-state index >= 15 is 0 Å². The number of benzene rings is 2. The molecule has 2 aromatic rings. The Morgan fingerprint density at radius 3 is 2.38 bits per heavy atom. The fourth-order valence-electron chi connectivity index (χ4n) is 2.24. The van der Waals surface area contributed by atoms with Crippen LogP contribution in [0.4, 0.5) is 11.4 Å². The van der Waals surface area contributed by atoms with Gasteiger partial charge in [0.2, 0.25) is 0 Å². The Kier molecular flexibility index (Phi) is 6.97. The van der Waals surface area contributed by atoms with Gasteiger partial charge in [-0.15, -0.1) is 0 Å². The second kappa shape index (κ2) is 9.46. The Balaban J connectivity index is 1.90. The Hall–Kier alpha value is -2.67.